The molecule has 0 saturated heterocycles. The minimum absolute atomic E-state index is 0.00489. The molecule has 1 aromatic heterocycles. The van der Waals surface area contributed by atoms with E-state index in [0.717, 1.165) is 56.9 Å². The average molecular weight is 354 g/mol. The van der Waals surface area contributed by atoms with E-state index in [2.05, 4.69) is 0 Å². The van der Waals surface area contributed by atoms with Crippen LogP contribution in [0.1, 0.15) is 74.6 Å². The molecule has 138 valence electrons. The summed E-state index contributed by atoms with van der Waals surface area (Å²) in [4.78, 5) is 26.3. The summed E-state index contributed by atoms with van der Waals surface area (Å²) in [6.45, 7) is 0. The maximum absolute atomic E-state index is 13.2. The van der Waals surface area contributed by atoms with Crippen LogP contribution < -0.4 is 11.2 Å². The van der Waals surface area contributed by atoms with Crippen LogP contribution in [0, 0.1) is 0 Å². The summed E-state index contributed by atoms with van der Waals surface area (Å²) in [7, 11) is 0. The third-order valence-electron chi connectivity index (χ3n) is 5.99. The first-order valence-corrected chi connectivity index (χ1v) is 9.79. The van der Waals surface area contributed by atoms with Crippen molar-refractivity contribution in [1.29, 1.82) is 0 Å². The Hall–Kier alpha value is -2.30. The van der Waals surface area contributed by atoms with E-state index in [1.54, 1.807) is 0 Å². The van der Waals surface area contributed by atoms with Gasteiger partial charge in [0.2, 0.25) is 5.88 Å². The number of benzene rings is 1. The fourth-order valence-corrected chi connectivity index (χ4v) is 4.61. The molecule has 1 heterocycles. The molecular weight excluding hydrogens is 328 g/mol. The Kier molecular flexibility index (Phi) is 4.70. The summed E-state index contributed by atoms with van der Waals surface area (Å²) < 4.78 is 2.97. The third kappa shape index (κ3) is 3.00. The maximum Gasteiger partial charge on any atom is 0.334 e. The standard InChI is InChI=1S/C21H26N2O3/c24-19-18(14-15-8-2-1-3-9-15)20(25)23(17-12-6-7-13-17)21(26)22(19)16-10-4-5-11-16/h1-3,8-9,16-17,24H,4-7,10-14H2. The van der Waals surface area contributed by atoms with E-state index in [1.165, 1.54) is 9.13 Å². The summed E-state index contributed by atoms with van der Waals surface area (Å²) in [6, 6.07) is 9.65. The Morgan fingerprint density at radius 1 is 0.846 bits per heavy atom. The first-order chi connectivity index (χ1) is 12.7. The van der Waals surface area contributed by atoms with Gasteiger partial charge in [-0.15, -0.1) is 0 Å². The molecule has 5 heteroatoms. The van der Waals surface area contributed by atoms with Crippen LogP contribution in [0.5, 0.6) is 5.88 Å². The molecule has 2 aromatic rings. The topological polar surface area (TPSA) is 64.2 Å². The van der Waals surface area contributed by atoms with Crippen molar-refractivity contribution in [2.45, 2.75) is 69.9 Å². The molecule has 2 saturated carbocycles. The first-order valence-electron chi connectivity index (χ1n) is 9.79. The van der Waals surface area contributed by atoms with E-state index in [-0.39, 0.29) is 29.2 Å². The molecule has 1 aromatic carbocycles. The fourth-order valence-electron chi connectivity index (χ4n) is 4.61. The van der Waals surface area contributed by atoms with Gasteiger partial charge >= 0.3 is 5.69 Å². The monoisotopic (exact) mass is 354 g/mol. The van der Waals surface area contributed by atoms with E-state index in [4.69, 9.17) is 0 Å². The molecule has 5 nitrogen and oxygen atoms in total. The van der Waals surface area contributed by atoms with Gasteiger partial charge in [-0.25, -0.2) is 4.79 Å². The molecule has 1 N–H and O–H groups in total. The van der Waals surface area contributed by atoms with Crippen molar-refractivity contribution in [2.24, 2.45) is 0 Å². The van der Waals surface area contributed by atoms with Crippen molar-refractivity contribution in [2.75, 3.05) is 0 Å². The normalized spacial score (nSPS) is 18.6. The number of aromatic hydroxyl groups is 1. The van der Waals surface area contributed by atoms with Gasteiger partial charge in [0.25, 0.3) is 5.56 Å². The molecule has 0 unspecified atom stereocenters. The summed E-state index contributed by atoms with van der Waals surface area (Å²) in [5.41, 5.74) is 0.699. The Labute approximate surface area is 152 Å². The van der Waals surface area contributed by atoms with E-state index in [9.17, 15) is 14.7 Å². The lowest BCUT2D eigenvalue weighted by atomic mass is 10.1. The highest BCUT2D eigenvalue weighted by Gasteiger charge is 2.29. The molecule has 0 spiro atoms. The number of rotatable bonds is 4. The second-order valence-electron chi connectivity index (χ2n) is 7.67. The Balaban J connectivity index is 1.88. The molecule has 0 aliphatic heterocycles. The van der Waals surface area contributed by atoms with Crippen LogP contribution in [-0.2, 0) is 6.42 Å². The second-order valence-corrected chi connectivity index (χ2v) is 7.67. The minimum atomic E-state index is -0.317. The van der Waals surface area contributed by atoms with Gasteiger partial charge in [-0.1, -0.05) is 56.0 Å². The predicted octanol–water partition coefficient (Wildman–Crippen LogP) is 3.54. The van der Waals surface area contributed by atoms with Crippen LogP contribution in [0.25, 0.3) is 0 Å². The number of hydrogen-bond acceptors (Lipinski definition) is 3. The van der Waals surface area contributed by atoms with E-state index in [0.29, 0.717) is 12.0 Å². The highest BCUT2D eigenvalue weighted by Crippen LogP contribution is 2.33. The predicted molar refractivity (Wildman–Crippen MR) is 101 cm³/mol. The molecule has 0 bridgehead atoms. The van der Waals surface area contributed by atoms with Gasteiger partial charge in [-0.3, -0.25) is 13.9 Å². The average Bonchev–Trinajstić information content (AvgIpc) is 3.34. The molecule has 0 radical (unpaired) electrons. The van der Waals surface area contributed by atoms with Crippen LogP contribution in [0.3, 0.4) is 0 Å². The van der Waals surface area contributed by atoms with Crippen LogP contribution in [-0.4, -0.2) is 14.2 Å². The molecule has 2 fully saturated rings. The van der Waals surface area contributed by atoms with Crippen molar-refractivity contribution < 1.29 is 5.11 Å². The van der Waals surface area contributed by atoms with Gasteiger partial charge in [-0.2, -0.15) is 0 Å². The highest BCUT2D eigenvalue weighted by molar-refractivity contribution is 5.31. The SMILES string of the molecule is O=c1c(Cc2ccccc2)c(O)n(C2CCCC2)c(=O)n1C1CCCC1. The molecule has 4 rings (SSSR count). The molecule has 2 aliphatic rings. The number of hydrogen-bond donors (Lipinski definition) is 1. The van der Waals surface area contributed by atoms with Crippen molar-refractivity contribution in [1.82, 2.24) is 9.13 Å². The summed E-state index contributed by atoms with van der Waals surface area (Å²) >= 11 is 0. The lowest BCUT2D eigenvalue weighted by Gasteiger charge is -2.22. The maximum atomic E-state index is 13.2. The highest BCUT2D eigenvalue weighted by atomic mass is 16.3. The molecular formula is C21H26N2O3. The van der Waals surface area contributed by atoms with E-state index in [1.807, 2.05) is 30.3 Å². The van der Waals surface area contributed by atoms with Gasteiger partial charge in [0.05, 0.1) is 5.56 Å². The first kappa shape index (κ1) is 17.1. The smallest absolute Gasteiger partial charge is 0.334 e. The van der Waals surface area contributed by atoms with Crippen LogP contribution >= 0.6 is 0 Å². The third-order valence-corrected chi connectivity index (χ3v) is 5.99. The minimum Gasteiger partial charge on any atom is -0.494 e. The summed E-state index contributed by atoms with van der Waals surface area (Å²) in [5, 5.41) is 10.9. The largest absolute Gasteiger partial charge is 0.494 e. The molecule has 0 amide bonds. The summed E-state index contributed by atoms with van der Waals surface area (Å²) in [6.07, 6.45) is 8.10. The van der Waals surface area contributed by atoms with Gasteiger partial charge in [-0.05, 0) is 31.2 Å². The van der Waals surface area contributed by atoms with Gasteiger partial charge in [0, 0.05) is 18.5 Å². The molecule has 0 atom stereocenters. The van der Waals surface area contributed by atoms with Gasteiger partial charge in [0.1, 0.15) is 0 Å². The second kappa shape index (κ2) is 7.14. The van der Waals surface area contributed by atoms with Crippen molar-refractivity contribution in [3.63, 3.8) is 0 Å². The zero-order chi connectivity index (χ0) is 18.1. The fraction of sp³-hybridized carbons (Fsp3) is 0.524. The quantitative estimate of drug-likeness (QED) is 0.913. The van der Waals surface area contributed by atoms with E-state index >= 15 is 0 Å². The van der Waals surface area contributed by atoms with Gasteiger partial charge < -0.3 is 5.11 Å². The van der Waals surface area contributed by atoms with Gasteiger partial charge in [0.15, 0.2) is 0 Å². The van der Waals surface area contributed by atoms with Crippen LogP contribution in [0.15, 0.2) is 39.9 Å². The van der Waals surface area contributed by atoms with Crippen molar-refractivity contribution in [3.8, 4) is 5.88 Å². The zero-order valence-corrected chi connectivity index (χ0v) is 15.1. The van der Waals surface area contributed by atoms with Crippen molar-refractivity contribution in [3.05, 3.63) is 62.3 Å². The lowest BCUT2D eigenvalue weighted by molar-refractivity contribution is 0.334. The Bertz CT molecular complexity index is 886. The summed E-state index contributed by atoms with van der Waals surface area (Å²) in [5.74, 6) is -0.120. The van der Waals surface area contributed by atoms with Crippen LogP contribution in [0.4, 0.5) is 0 Å². The lowest BCUT2D eigenvalue weighted by Crippen LogP contribution is -2.44. The molecule has 26 heavy (non-hydrogen) atoms. The number of nitrogens with zero attached hydrogens (tertiary/aromatic N) is 2. The molecule has 2 aliphatic carbocycles. The number of aromatic nitrogens is 2. The van der Waals surface area contributed by atoms with Crippen LogP contribution in [0.2, 0.25) is 0 Å². The van der Waals surface area contributed by atoms with E-state index < -0.39 is 0 Å². The Morgan fingerprint density at radius 3 is 1.96 bits per heavy atom. The zero-order valence-electron chi connectivity index (χ0n) is 15.1. The Morgan fingerprint density at radius 2 is 1.38 bits per heavy atom. The van der Waals surface area contributed by atoms with Crippen molar-refractivity contribution >= 4 is 0 Å².